The van der Waals surface area contributed by atoms with Gasteiger partial charge in [0.1, 0.15) is 5.01 Å². The standard InChI is InChI=1S/C19H17ClN2O3S/c1-24-16-4-2-3-5-17(16)25-11-18(23)21-10-19-22-15(12-26-19)13-6-8-14(20)9-7-13/h2-9,12H,10-11H2,1H3,(H,21,23). The number of nitrogens with one attached hydrogen (secondary N) is 1. The van der Waals surface area contributed by atoms with Crippen LogP contribution in [0.2, 0.25) is 5.02 Å². The second kappa shape index (κ2) is 8.69. The first-order chi connectivity index (χ1) is 12.7. The van der Waals surface area contributed by atoms with E-state index in [1.165, 1.54) is 11.3 Å². The molecule has 0 radical (unpaired) electrons. The highest BCUT2D eigenvalue weighted by molar-refractivity contribution is 7.09. The van der Waals surface area contributed by atoms with Gasteiger partial charge >= 0.3 is 0 Å². The van der Waals surface area contributed by atoms with Crippen LogP contribution in [-0.2, 0) is 11.3 Å². The van der Waals surface area contributed by atoms with Crippen molar-refractivity contribution in [1.29, 1.82) is 0 Å². The normalized spacial score (nSPS) is 10.4. The summed E-state index contributed by atoms with van der Waals surface area (Å²) in [5.41, 5.74) is 1.85. The number of hydrogen-bond acceptors (Lipinski definition) is 5. The SMILES string of the molecule is COc1ccccc1OCC(=O)NCc1nc(-c2ccc(Cl)cc2)cs1. The van der Waals surface area contributed by atoms with Crippen LogP contribution in [0.5, 0.6) is 11.5 Å². The molecule has 2 aromatic carbocycles. The van der Waals surface area contributed by atoms with E-state index in [9.17, 15) is 4.79 Å². The molecule has 0 fully saturated rings. The maximum atomic E-state index is 12.0. The number of ether oxygens (including phenoxy) is 2. The molecule has 3 aromatic rings. The van der Waals surface area contributed by atoms with Crippen molar-refractivity contribution in [2.24, 2.45) is 0 Å². The van der Waals surface area contributed by atoms with Crippen LogP contribution < -0.4 is 14.8 Å². The van der Waals surface area contributed by atoms with Gasteiger partial charge in [0.15, 0.2) is 18.1 Å². The van der Waals surface area contributed by atoms with E-state index in [0.717, 1.165) is 16.3 Å². The minimum Gasteiger partial charge on any atom is -0.493 e. The molecule has 0 aliphatic carbocycles. The molecule has 3 rings (SSSR count). The van der Waals surface area contributed by atoms with Gasteiger partial charge in [-0.25, -0.2) is 4.98 Å². The Labute approximate surface area is 160 Å². The van der Waals surface area contributed by atoms with Gasteiger partial charge in [-0.1, -0.05) is 35.9 Å². The van der Waals surface area contributed by atoms with E-state index in [1.807, 2.05) is 41.8 Å². The quantitative estimate of drug-likeness (QED) is 0.660. The van der Waals surface area contributed by atoms with Crippen molar-refractivity contribution in [2.75, 3.05) is 13.7 Å². The first-order valence-electron chi connectivity index (χ1n) is 7.88. The Balaban J connectivity index is 1.51. The lowest BCUT2D eigenvalue weighted by Crippen LogP contribution is -2.28. The van der Waals surface area contributed by atoms with Crippen molar-refractivity contribution in [2.45, 2.75) is 6.54 Å². The average molecular weight is 389 g/mol. The van der Waals surface area contributed by atoms with E-state index in [0.29, 0.717) is 23.1 Å². The molecule has 134 valence electrons. The fraction of sp³-hybridized carbons (Fsp3) is 0.158. The smallest absolute Gasteiger partial charge is 0.258 e. The molecule has 1 N–H and O–H groups in total. The second-order valence-corrected chi connectivity index (χ2v) is 6.73. The number of nitrogens with zero attached hydrogens (tertiary/aromatic N) is 1. The molecule has 0 atom stereocenters. The first-order valence-corrected chi connectivity index (χ1v) is 9.14. The molecule has 0 bridgehead atoms. The van der Waals surface area contributed by atoms with Crippen molar-refractivity contribution in [1.82, 2.24) is 10.3 Å². The topological polar surface area (TPSA) is 60.5 Å². The lowest BCUT2D eigenvalue weighted by Gasteiger charge is -2.10. The van der Waals surface area contributed by atoms with Crippen molar-refractivity contribution < 1.29 is 14.3 Å². The third-order valence-electron chi connectivity index (χ3n) is 3.56. The Morgan fingerprint density at radius 2 is 1.88 bits per heavy atom. The van der Waals surface area contributed by atoms with E-state index in [2.05, 4.69) is 10.3 Å². The molecule has 0 saturated heterocycles. The van der Waals surface area contributed by atoms with E-state index in [-0.39, 0.29) is 12.5 Å². The molecule has 7 heteroatoms. The van der Waals surface area contributed by atoms with Crippen LogP contribution in [0.4, 0.5) is 0 Å². The maximum absolute atomic E-state index is 12.0. The summed E-state index contributed by atoms with van der Waals surface area (Å²) in [4.78, 5) is 16.5. The summed E-state index contributed by atoms with van der Waals surface area (Å²) in [6, 6.07) is 14.7. The first kappa shape index (κ1) is 18.2. The van der Waals surface area contributed by atoms with Gasteiger partial charge in [0, 0.05) is 16.0 Å². The number of hydrogen-bond donors (Lipinski definition) is 1. The van der Waals surface area contributed by atoms with Crippen LogP contribution in [-0.4, -0.2) is 24.6 Å². The predicted molar refractivity (Wildman–Crippen MR) is 103 cm³/mol. The van der Waals surface area contributed by atoms with Gasteiger partial charge in [0.05, 0.1) is 19.3 Å². The summed E-state index contributed by atoms with van der Waals surface area (Å²) >= 11 is 7.39. The van der Waals surface area contributed by atoms with Gasteiger partial charge in [-0.15, -0.1) is 11.3 Å². The number of halogens is 1. The van der Waals surface area contributed by atoms with Crippen molar-refractivity contribution >= 4 is 28.8 Å². The third kappa shape index (κ3) is 4.74. The van der Waals surface area contributed by atoms with Crippen molar-refractivity contribution in [3.8, 4) is 22.8 Å². The van der Waals surface area contributed by atoms with Crippen LogP contribution in [0.1, 0.15) is 5.01 Å². The minimum absolute atomic E-state index is 0.0875. The molecule has 0 saturated carbocycles. The van der Waals surface area contributed by atoms with Crippen LogP contribution in [0.15, 0.2) is 53.9 Å². The number of rotatable bonds is 7. The van der Waals surface area contributed by atoms with Gasteiger partial charge in [-0.2, -0.15) is 0 Å². The van der Waals surface area contributed by atoms with E-state index in [1.54, 1.807) is 19.2 Å². The van der Waals surface area contributed by atoms with Crippen LogP contribution in [0, 0.1) is 0 Å². The molecule has 1 heterocycles. The highest BCUT2D eigenvalue weighted by atomic mass is 35.5. The van der Waals surface area contributed by atoms with E-state index >= 15 is 0 Å². The Kier molecular flexibility index (Phi) is 6.09. The Morgan fingerprint density at radius 3 is 2.62 bits per heavy atom. The fourth-order valence-electron chi connectivity index (χ4n) is 2.25. The molecular formula is C19H17ClN2O3S. The molecule has 26 heavy (non-hydrogen) atoms. The largest absolute Gasteiger partial charge is 0.493 e. The molecule has 0 aliphatic heterocycles. The number of thiazole rings is 1. The molecule has 5 nitrogen and oxygen atoms in total. The van der Waals surface area contributed by atoms with Gasteiger partial charge in [-0.05, 0) is 24.3 Å². The fourth-order valence-corrected chi connectivity index (χ4v) is 3.12. The highest BCUT2D eigenvalue weighted by Crippen LogP contribution is 2.26. The molecule has 0 unspecified atom stereocenters. The summed E-state index contributed by atoms with van der Waals surface area (Å²) in [5.74, 6) is 0.899. The second-order valence-electron chi connectivity index (χ2n) is 5.35. The number of aromatic nitrogens is 1. The summed E-state index contributed by atoms with van der Waals surface area (Å²) in [6.45, 7) is 0.266. The maximum Gasteiger partial charge on any atom is 0.258 e. The van der Waals surface area contributed by atoms with Crippen LogP contribution in [0.3, 0.4) is 0 Å². The minimum atomic E-state index is -0.223. The Morgan fingerprint density at radius 1 is 1.15 bits per heavy atom. The monoisotopic (exact) mass is 388 g/mol. The zero-order valence-electron chi connectivity index (χ0n) is 14.1. The van der Waals surface area contributed by atoms with Crippen LogP contribution in [0.25, 0.3) is 11.3 Å². The molecule has 0 spiro atoms. The molecule has 0 aliphatic rings. The predicted octanol–water partition coefficient (Wildman–Crippen LogP) is 4.17. The van der Waals surface area contributed by atoms with Gasteiger partial charge < -0.3 is 14.8 Å². The van der Waals surface area contributed by atoms with Gasteiger partial charge in [-0.3, -0.25) is 4.79 Å². The number of para-hydroxylation sites is 2. The van der Waals surface area contributed by atoms with Gasteiger partial charge in [0.25, 0.3) is 5.91 Å². The Hall–Kier alpha value is -2.57. The van der Waals surface area contributed by atoms with Gasteiger partial charge in [0.2, 0.25) is 0 Å². The number of amides is 1. The van der Waals surface area contributed by atoms with Crippen molar-refractivity contribution in [3.63, 3.8) is 0 Å². The zero-order valence-corrected chi connectivity index (χ0v) is 15.6. The third-order valence-corrected chi connectivity index (χ3v) is 4.66. The number of benzene rings is 2. The zero-order chi connectivity index (χ0) is 18.4. The molecule has 1 aromatic heterocycles. The van der Waals surface area contributed by atoms with Crippen LogP contribution >= 0.6 is 22.9 Å². The van der Waals surface area contributed by atoms with E-state index in [4.69, 9.17) is 21.1 Å². The van der Waals surface area contributed by atoms with Crippen molar-refractivity contribution in [3.05, 3.63) is 63.9 Å². The van der Waals surface area contributed by atoms with E-state index < -0.39 is 0 Å². The lowest BCUT2D eigenvalue weighted by atomic mass is 10.2. The summed E-state index contributed by atoms with van der Waals surface area (Å²) < 4.78 is 10.7. The lowest BCUT2D eigenvalue weighted by molar-refractivity contribution is -0.123. The highest BCUT2D eigenvalue weighted by Gasteiger charge is 2.09. The average Bonchev–Trinajstić information content (AvgIpc) is 3.14. The number of carbonyl (C=O) groups excluding carboxylic acids is 1. The molecule has 1 amide bonds. The summed E-state index contributed by atoms with van der Waals surface area (Å²) in [6.07, 6.45) is 0. The summed E-state index contributed by atoms with van der Waals surface area (Å²) in [5, 5.41) is 6.26. The molecular weight excluding hydrogens is 372 g/mol. The number of methoxy groups -OCH3 is 1. The number of carbonyl (C=O) groups is 1. The summed E-state index contributed by atoms with van der Waals surface area (Å²) in [7, 11) is 1.56. The Bertz CT molecular complexity index is 881.